The van der Waals surface area contributed by atoms with Crippen molar-refractivity contribution >= 4 is 6.09 Å². The summed E-state index contributed by atoms with van der Waals surface area (Å²) in [6, 6.07) is 0.333. The first-order valence-electron chi connectivity index (χ1n) is 6.05. The van der Waals surface area contributed by atoms with Crippen LogP contribution in [0.15, 0.2) is 0 Å². The molecule has 6 N–H and O–H groups in total. The summed E-state index contributed by atoms with van der Waals surface area (Å²) in [6.45, 7) is 13.3. The van der Waals surface area contributed by atoms with Crippen LogP contribution in [0.4, 0.5) is 4.79 Å². The van der Waals surface area contributed by atoms with Crippen LogP contribution < -0.4 is 16.8 Å². The van der Waals surface area contributed by atoms with E-state index < -0.39 is 6.09 Å². The summed E-state index contributed by atoms with van der Waals surface area (Å²) in [6.07, 6.45) is -0.946. The van der Waals surface area contributed by atoms with E-state index in [9.17, 15) is 4.79 Å². The Morgan fingerprint density at radius 3 is 1.47 bits per heavy atom. The summed E-state index contributed by atoms with van der Waals surface area (Å²) in [5, 5.41) is 10.3. The molecule has 106 valence electrons. The van der Waals surface area contributed by atoms with Crippen LogP contribution in [0.3, 0.4) is 0 Å². The zero-order valence-corrected chi connectivity index (χ0v) is 12.2. The molecule has 0 aromatic heterocycles. The van der Waals surface area contributed by atoms with Gasteiger partial charge in [0, 0.05) is 6.54 Å². The van der Waals surface area contributed by atoms with Crippen molar-refractivity contribution in [2.45, 2.75) is 47.6 Å². The molecule has 17 heavy (non-hydrogen) atoms. The van der Waals surface area contributed by atoms with Crippen molar-refractivity contribution in [3.05, 3.63) is 0 Å². The summed E-state index contributed by atoms with van der Waals surface area (Å²) in [7, 11) is 0. The maximum absolute atomic E-state index is 9.79. The molecule has 0 rings (SSSR count). The highest BCUT2D eigenvalue weighted by atomic mass is 16.4. The third-order valence-electron chi connectivity index (χ3n) is 1.13. The van der Waals surface area contributed by atoms with Crippen molar-refractivity contribution in [2.75, 3.05) is 13.1 Å². The lowest BCUT2D eigenvalue weighted by Gasteiger charge is -2.01. The fraction of sp³-hybridized carbons (Fsp3) is 0.917. The van der Waals surface area contributed by atoms with E-state index in [1.807, 2.05) is 27.7 Å². The Morgan fingerprint density at radius 2 is 1.41 bits per heavy atom. The molecular weight excluding hydrogens is 218 g/mol. The van der Waals surface area contributed by atoms with Gasteiger partial charge in [-0.2, -0.15) is 0 Å². The van der Waals surface area contributed by atoms with Gasteiger partial charge in [0.05, 0.1) is 0 Å². The fourth-order valence-corrected chi connectivity index (χ4v) is 0.291. The highest BCUT2D eigenvalue weighted by Crippen LogP contribution is 1.85. The Morgan fingerprint density at radius 1 is 1.12 bits per heavy atom. The minimum Gasteiger partial charge on any atom is -0.465 e. The molecule has 0 saturated heterocycles. The van der Waals surface area contributed by atoms with Gasteiger partial charge in [-0.05, 0) is 24.4 Å². The zero-order valence-electron chi connectivity index (χ0n) is 12.2. The van der Waals surface area contributed by atoms with Crippen molar-refractivity contribution in [2.24, 2.45) is 23.3 Å². The summed E-state index contributed by atoms with van der Waals surface area (Å²) in [4.78, 5) is 9.79. The minimum atomic E-state index is -0.946. The number of nitrogens with two attached hydrogens (primary N) is 2. The van der Waals surface area contributed by atoms with E-state index in [1.54, 1.807) is 0 Å². The highest BCUT2D eigenvalue weighted by Gasteiger charge is 1.94. The predicted octanol–water partition coefficient (Wildman–Crippen LogP) is 1.86. The van der Waals surface area contributed by atoms with Crippen LogP contribution in [0.1, 0.15) is 41.5 Å². The molecule has 1 amide bonds. The van der Waals surface area contributed by atoms with E-state index >= 15 is 0 Å². The molecule has 0 atom stereocenters. The fourth-order valence-electron chi connectivity index (χ4n) is 0.291. The molecule has 0 aromatic rings. The number of rotatable bonds is 3. The second-order valence-corrected chi connectivity index (χ2v) is 4.95. The van der Waals surface area contributed by atoms with Gasteiger partial charge in [-0.25, -0.2) is 4.79 Å². The first kappa shape index (κ1) is 21.5. The lowest BCUT2D eigenvalue weighted by atomic mass is 10.2. The zero-order chi connectivity index (χ0) is 14.4. The Labute approximate surface area is 106 Å². The standard InChI is InChI=1S/C5H11NO2.C4H11N.C3H9N/c1-4(2)3-6-5(7)8;1-4(2)3-5;1-3(2)4/h4,6H,3H2,1-2H3,(H,7,8);4H,3,5H2,1-2H3;3H,4H2,1-2H3. The van der Waals surface area contributed by atoms with E-state index in [-0.39, 0.29) is 0 Å². The third kappa shape index (κ3) is 69.0. The molecule has 0 unspecified atom stereocenters. The van der Waals surface area contributed by atoms with Crippen LogP contribution in [-0.4, -0.2) is 30.3 Å². The maximum Gasteiger partial charge on any atom is 0.404 e. The van der Waals surface area contributed by atoms with Gasteiger partial charge in [0.1, 0.15) is 0 Å². The lowest BCUT2D eigenvalue weighted by Crippen LogP contribution is -2.24. The molecular formula is C12H31N3O2. The first-order valence-corrected chi connectivity index (χ1v) is 6.05. The summed E-state index contributed by atoms with van der Waals surface area (Å²) in [5.41, 5.74) is 10.3. The van der Waals surface area contributed by atoms with E-state index in [0.717, 1.165) is 6.54 Å². The Bertz CT molecular complexity index is 157. The molecule has 0 aliphatic carbocycles. The van der Waals surface area contributed by atoms with Crippen LogP contribution >= 0.6 is 0 Å². The number of nitrogens with one attached hydrogen (secondary N) is 1. The van der Waals surface area contributed by atoms with E-state index in [1.165, 1.54) is 0 Å². The second-order valence-electron chi connectivity index (χ2n) is 4.95. The molecule has 5 nitrogen and oxygen atoms in total. The second kappa shape index (κ2) is 15.2. The van der Waals surface area contributed by atoms with Gasteiger partial charge < -0.3 is 21.9 Å². The van der Waals surface area contributed by atoms with Gasteiger partial charge >= 0.3 is 6.09 Å². The molecule has 5 heteroatoms. The lowest BCUT2D eigenvalue weighted by molar-refractivity contribution is 0.193. The van der Waals surface area contributed by atoms with Gasteiger partial charge in [-0.15, -0.1) is 0 Å². The molecule has 0 heterocycles. The quantitative estimate of drug-likeness (QED) is 0.613. The number of amides is 1. The van der Waals surface area contributed by atoms with E-state index in [2.05, 4.69) is 19.2 Å². The Kier molecular flexibility index (Phi) is 19.2. The summed E-state index contributed by atoms with van der Waals surface area (Å²) < 4.78 is 0. The molecule has 0 bridgehead atoms. The predicted molar refractivity (Wildman–Crippen MR) is 74.1 cm³/mol. The van der Waals surface area contributed by atoms with Gasteiger partial charge in [0.25, 0.3) is 0 Å². The number of hydrogen-bond donors (Lipinski definition) is 4. The highest BCUT2D eigenvalue weighted by molar-refractivity contribution is 5.64. The largest absolute Gasteiger partial charge is 0.465 e. The average Bonchev–Trinajstić information content (AvgIpc) is 2.14. The SMILES string of the molecule is CC(C)CN.CC(C)CNC(=O)O.CC(C)N. The summed E-state index contributed by atoms with van der Waals surface area (Å²) in [5.74, 6) is 1.06. The van der Waals surface area contributed by atoms with Crippen LogP contribution in [0, 0.1) is 11.8 Å². The number of carboxylic acid groups (broad SMARTS) is 1. The molecule has 0 aliphatic heterocycles. The Balaban J connectivity index is -0.000000188. The monoisotopic (exact) mass is 249 g/mol. The van der Waals surface area contributed by atoms with Crippen molar-refractivity contribution in [1.29, 1.82) is 0 Å². The van der Waals surface area contributed by atoms with E-state index in [0.29, 0.717) is 24.4 Å². The molecule has 0 saturated carbocycles. The van der Waals surface area contributed by atoms with Gasteiger partial charge in [-0.3, -0.25) is 0 Å². The molecule has 0 aromatic carbocycles. The number of hydrogen-bond acceptors (Lipinski definition) is 3. The van der Waals surface area contributed by atoms with Crippen molar-refractivity contribution in [3.63, 3.8) is 0 Å². The number of carbonyl (C=O) groups is 1. The van der Waals surface area contributed by atoms with Crippen LogP contribution in [0.5, 0.6) is 0 Å². The van der Waals surface area contributed by atoms with Crippen LogP contribution in [0.2, 0.25) is 0 Å². The van der Waals surface area contributed by atoms with Crippen molar-refractivity contribution < 1.29 is 9.90 Å². The summed E-state index contributed by atoms with van der Waals surface area (Å²) >= 11 is 0. The molecule has 0 radical (unpaired) electrons. The van der Waals surface area contributed by atoms with E-state index in [4.69, 9.17) is 16.6 Å². The van der Waals surface area contributed by atoms with Crippen molar-refractivity contribution in [1.82, 2.24) is 5.32 Å². The Hall–Kier alpha value is -0.810. The van der Waals surface area contributed by atoms with Crippen molar-refractivity contribution in [3.8, 4) is 0 Å². The molecule has 0 aliphatic rings. The topological polar surface area (TPSA) is 101 Å². The third-order valence-corrected chi connectivity index (χ3v) is 1.13. The molecule has 0 fully saturated rings. The normalized spacial score (nSPS) is 9.35. The van der Waals surface area contributed by atoms with Crippen LogP contribution in [0.25, 0.3) is 0 Å². The maximum atomic E-state index is 9.79. The smallest absolute Gasteiger partial charge is 0.404 e. The average molecular weight is 249 g/mol. The molecule has 0 spiro atoms. The van der Waals surface area contributed by atoms with Gasteiger partial charge in [-0.1, -0.05) is 41.5 Å². The van der Waals surface area contributed by atoms with Gasteiger partial charge in [0.15, 0.2) is 0 Å². The minimum absolute atomic E-state index is 0.333. The van der Waals surface area contributed by atoms with Gasteiger partial charge in [0.2, 0.25) is 0 Å². The first-order chi connectivity index (χ1) is 7.63. The van der Waals surface area contributed by atoms with Crippen LogP contribution in [-0.2, 0) is 0 Å².